The van der Waals surface area contributed by atoms with E-state index in [2.05, 4.69) is 15.7 Å². The summed E-state index contributed by atoms with van der Waals surface area (Å²) in [6.07, 6.45) is 3.42. The second-order valence-electron chi connectivity index (χ2n) is 4.19. The van der Waals surface area contributed by atoms with Gasteiger partial charge in [0.15, 0.2) is 0 Å². The number of hydrogen-bond donors (Lipinski definition) is 4. The quantitative estimate of drug-likeness (QED) is 0.615. The lowest BCUT2D eigenvalue weighted by atomic mass is 10.2. The number of carboxylic acids is 1. The summed E-state index contributed by atoms with van der Waals surface area (Å²) in [4.78, 5) is 22.5. The molecule has 8 nitrogen and oxygen atoms in total. The van der Waals surface area contributed by atoms with Crippen LogP contribution >= 0.6 is 0 Å². The molecule has 1 aromatic carbocycles. The molecule has 2 rings (SSSR count). The number of urea groups is 1. The van der Waals surface area contributed by atoms with E-state index in [4.69, 9.17) is 5.11 Å². The van der Waals surface area contributed by atoms with Crippen molar-refractivity contribution in [3.63, 3.8) is 0 Å². The summed E-state index contributed by atoms with van der Waals surface area (Å²) in [6, 6.07) is 5.12. The first-order valence-electron chi connectivity index (χ1n) is 6.15. The summed E-state index contributed by atoms with van der Waals surface area (Å²) >= 11 is 0. The number of hydrogen-bond acceptors (Lipinski definition) is 4. The van der Waals surface area contributed by atoms with Gasteiger partial charge in [0.05, 0.1) is 6.54 Å². The molecule has 21 heavy (non-hydrogen) atoms. The molecule has 0 spiro atoms. The van der Waals surface area contributed by atoms with Crippen molar-refractivity contribution < 1.29 is 19.8 Å². The van der Waals surface area contributed by atoms with Crippen molar-refractivity contribution in [3.05, 3.63) is 42.2 Å². The lowest BCUT2D eigenvalue weighted by molar-refractivity contribution is 0.0693. The molecule has 0 aliphatic heterocycles. The molecule has 0 aliphatic carbocycles. The highest BCUT2D eigenvalue weighted by Crippen LogP contribution is 2.21. The van der Waals surface area contributed by atoms with Crippen molar-refractivity contribution in [2.75, 3.05) is 11.9 Å². The third-order valence-corrected chi connectivity index (χ3v) is 2.67. The van der Waals surface area contributed by atoms with Crippen LogP contribution in [0.2, 0.25) is 0 Å². The Hall–Kier alpha value is -3.03. The van der Waals surface area contributed by atoms with Gasteiger partial charge in [0.2, 0.25) is 0 Å². The number of carbonyl (C=O) groups is 2. The number of nitrogens with zero attached hydrogens (tertiary/aromatic N) is 2. The van der Waals surface area contributed by atoms with Crippen molar-refractivity contribution in [1.82, 2.24) is 15.1 Å². The maximum Gasteiger partial charge on any atom is 0.339 e. The number of phenols is 1. The van der Waals surface area contributed by atoms with Crippen molar-refractivity contribution in [3.8, 4) is 5.75 Å². The highest BCUT2D eigenvalue weighted by atomic mass is 16.4. The number of nitrogens with one attached hydrogen (secondary N) is 2. The van der Waals surface area contributed by atoms with Gasteiger partial charge >= 0.3 is 12.0 Å². The minimum Gasteiger partial charge on any atom is -0.507 e. The van der Waals surface area contributed by atoms with Crippen LogP contribution in [0.25, 0.3) is 0 Å². The average Bonchev–Trinajstić information content (AvgIpc) is 2.94. The molecular formula is C13H14N4O4. The fourth-order valence-electron chi connectivity index (χ4n) is 1.68. The molecule has 110 valence electrons. The van der Waals surface area contributed by atoms with Crippen LogP contribution in [0.4, 0.5) is 10.5 Å². The van der Waals surface area contributed by atoms with Crippen LogP contribution in [0, 0.1) is 0 Å². The van der Waals surface area contributed by atoms with Crippen LogP contribution in [0.5, 0.6) is 5.75 Å². The summed E-state index contributed by atoms with van der Waals surface area (Å²) in [7, 11) is 0. The number of aromatic nitrogens is 2. The van der Waals surface area contributed by atoms with Gasteiger partial charge in [0.25, 0.3) is 0 Å². The van der Waals surface area contributed by atoms with E-state index in [9.17, 15) is 14.7 Å². The van der Waals surface area contributed by atoms with Gasteiger partial charge in [-0.3, -0.25) is 4.68 Å². The zero-order valence-corrected chi connectivity index (χ0v) is 11.0. The van der Waals surface area contributed by atoms with E-state index >= 15 is 0 Å². The van der Waals surface area contributed by atoms with Gasteiger partial charge < -0.3 is 20.8 Å². The smallest absolute Gasteiger partial charge is 0.339 e. The number of benzene rings is 1. The van der Waals surface area contributed by atoms with Gasteiger partial charge in [0.1, 0.15) is 11.3 Å². The monoisotopic (exact) mass is 290 g/mol. The number of aromatic hydroxyl groups is 1. The molecule has 8 heteroatoms. The Morgan fingerprint density at radius 1 is 1.33 bits per heavy atom. The number of aromatic carboxylic acids is 1. The minimum atomic E-state index is -1.27. The van der Waals surface area contributed by atoms with Gasteiger partial charge in [-0.25, -0.2) is 9.59 Å². The van der Waals surface area contributed by atoms with Crippen LogP contribution < -0.4 is 10.6 Å². The van der Waals surface area contributed by atoms with E-state index in [-0.39, 0.29) is 17.0 Å². The molecule has 1 aromatic heterocycles. The highest BCUT2D eigenvalue weighted by Gasteiger charge is 2.11. The number of rotatable bonds is 5. The predicted molar refractivity (Wildman–Crippen MR) is 74.3 cm³/mol. The maximum absolute atomic E-state index is 11.6. The Balaban J connectivity index is 1.87. The standard InChI is InChI=1S/C13H14N4O4/c18-11-3-2-9(8-10(11)12(19)20)16-13(21)14-5-7-17-6-1-4-15-17/h1-4,6,8,18H,5,7H2,(H,19,20)(H2,14,16,21). The molecule has 0 unspecified atom stereocenters. The maximum atomic E-state index is 11.6. The molecule has 4 N–H and O–H groups in total. The topological polar surface area (TPSA) is 116 Å². The predicted octanol–water partition coefficient (Wildman–Crippen LogP) is 1.11. The Labute approximate surface area is 120 Å². The van der Waals surface area contributed by atoms with Crippen LogP contribution in [0.15, 0.2) is 36.7 Å². The molecule has 0 bridgehead atoms. The van der Waals surface area contributed by atoms with Crippen molar-refractivity contribution >= 4 is 17.7 Å². The van der Waals surface area contributed by atoms with Crippen LogP contribution in [-0.2, 0) is 6.54 Å². The number of carbonyl (C=O) groups excluding carboxylic acids is 1. The highest BCUT2D eigenvalue weighted by molar-refractivity contribution is 5.95. The van der Waals surface area contributed by atoms with Crippen LogP contribution in [0.3, 0.4) is 0 Å². The lowest BCUT2D eigenvalue weighted by Crippen LogP contribution is -2.31. The first-order chi connectivity index (χ1) is 10.1. The Morgan fingerprint density at radius 2 is 2.14 bits per heavy atom. The van der Waals surface area contributed by atoms with E-state index < -0.39 is 12.0 Å². The molecule has 0 radical (unpaired) electrons. The summed E-state index contributed by atoms with van der Waals surface area (Å²) in [5.41, 5.74) is 0.00568. The third kappa shape index (κ3) is 3.96. The molecule has 0 fully saturated rings. The number of carboxylic acid groups (broad SMARTS) is 1. The Kier molecular flexibility index (Phi) is 4.39. The van der Waals surface area contributed by atoms with Crippen molar-refractivity contribution in [2.45, 2.75) is 6.54 Å². The molecule has 0 saturated heterocycles. The third-order valence-electron chi connectivity index (χ3n) is 2.67. The molecule has 0 atom stereocenters. The zero-order valence-electron chi connectivity index (χ0n) is 11.0. The lowest BCUT2D eigenvalue weighted by Gasteiger charge is -2.09. The second kappa shape index (κ2) is 6.42. The summed E-state index contributed by atoms with van der Waals surface area (Å²) in [5, 5.41) is 27.3. The van der Waals surface area contributed by atoms with E-state index in [1.165, 1.54) is 18.2 Å². The molecular weight excluding hydrogens is 276 g/mol. The van der Waals surface area contributed by atoms with E-state index in [1.54, 1.807) is 23.1 Å². The van der Waals surface area contributed by atoms with E-state index in [1.807, 2.05) is 0 Å². The van der Waals surface area contributed by atoms with Crippen LogP contribution in [0.1, 0.15) is 10.4 Å². The number of amides is 2. The van der Waals surface area contributed by atoms with E-state index in [0.717, 1.165) is 0 Å². The van der Waals surface area contributed by atoms with Crippen molar-refractivity contribution in [1.29, 1.82) is 0 Å². The molecule has 0 aliphatic rings. The molecule has 0 saturated carbocycles. The summed E-state index contributed by atoms with van der Waals surface area (Å²) in [5.74, 6) is -1.62. The van der Waals surface area contributed by atoms with Gasteiger partial charge in [-0.2, -0.15) is 5.10 Å². The molecule has 2 amide bonds. The van der Waals surface area contributed by atoms with Crippen molar-refractivity contribution in [2.24, 2.45) is 0 Å². The normalized spacial score (nSPS) is 10.1. The summed E-state index contributed by atoms with van der Waals surface area (Å²) in [6.45, 7) is 0.897. The first-order valence-corrected chi connectivity index (χ1v) is 6.15. The largest absolute Gasteiger partial charge is 0.507 e. The average molecular weight is 290 g/mol. The fourth-order valence-corrected chi connectivity index (χ4v) is 1.68. The number of anilines is 1. The van der Waals surface area contributed by atoms with Gasteiger partial charge in [-0.1, -0.05) is 0 Å². The van der Waals surface area contributed by atoms with Gasteiger partial charge in [-0.15, -0.1) is 0 Å². The second-order valence-corrected chi connectivity index (χ2v) is 4.19. The molecule has 2 aromatic rings. The van der Waals surface area contributed by atoms with E-state index in [0.29, 0.717) is 13.1 Å². The zero-order chi connectivity index (χ0) is 15.2. The van der Waals surface area contributed by atoms with Gasteiger partial charge in [0, 0.05) is 24.6 Å². The SMILES string of the molecule is O=C(NCCn1cccn1)Nc1ccc(O)c(C(=O)O)c1. The fraction of sp³-hybridized carbons (Fsp3) is 0.154. The van der Waals surface area contributed by atoms with Crippen LogP contribution in [-0.4, -0.2) is 38.5 Å². The first kappa shape index (κ1) is 14.4. The summed E-state index contributed by atoms with van der Waals surface area (Å²) < 4.78 is 1.67. The molecule has 1 heterocycles. The Morgan fingerprint density at radius 3 is 2.81 bits per heavy atom. The Bertz CT molecular complexity index is 640. The van der Waals surface area contributed by atoms with Gasteiger partial charge in [-0.05, 0) is 24.3 Å². The minimum absolute atomic E-state index is 0.274.